The van der Waals surface area contributed by atoms with Crippen LogP contribution >= 0.6 is 0 Å². The fourth-order valence-corrected chi connectivity index (χ4v) is 2.99. The fourth-order valence-electron chi connectivity index (χ4n) is 2.99. The molecule has 0 spiro atoms. The maximum absolute atomic E-state index is 12.5. The van der Waals surface area contributed by atoms with Gasteiger partial charge in [-0.3, -0.25) is 0 Å². The van der Waals surface area contributed by atoms with E-state index in [1.54, 1.807) is 7.11 Å². The van der Waals surface area contributed by atoms with Gasteiger partial charge in [-0.25, -0.2) is 4.79 Å². The van der Waals surface area contributed by atoms with Crippen LogP contribution in [0.25, 0.3) is 11.1 Å². The van der Waals surface area contributed by atoms with Crippen molar-refractivity contribution in [1.29, 1.82) is 0 Å². The summed E-state index contributed by atoms with van der Waals surface area (Å²) < 4.78 is 5.27. The third-order valence-electron chi connectivity index (χ3n) is 4.46. The topological polar surface area (TPSA) is 82.0 Å². The summed E-state index contributed by atoms with van der Waals surface area (Å²) in [6.45, 7) is 0.179. The van der Waals surface area contributed by atoms with Gasteiger partial charge in [0.25, 0.3) is 0 Å². The molecular formula is C19H22N2O4. The third-order valence-corrected chi connectivity index (χ3v) is 4.46. The predicted octanol–water partition coefficient (Wildman–Crippen LogP) is 2.32. The maximum atomic E-state index is 12.5. The molecule has 132 valence electrons. The average molecular weight is 342 g/mol. The smallest absolute Gasteiger partial charge is 0.321 e. The van der Waals surface area contributed by atoms with Crippen LogP contribution in [0, 0.1) is 0 Å². The Morgan fingerprint density at radius 2 is 2.08 bits per heavy atom. The molecule has 2 aromatic rings. The summed E-state index contributed by atoms with van der Waals surface area (Å²) in [5.41, 5.74) is 1.29. The largest absolute Gasteiger partial charge is 0.497 e. The Labute approximate surface area is 146 Å². The van der Waals surface area contributed by atoms with Crippen LogP contribution in [-0.4, -0.2) is 53.6 Å². The van der Waals surface area contributed by atoms with E-state index in [0.29, 0.717) is 18.7 Å². The molecule has 3 rings (SSSR count). The number of benzene rings is 2. The summed E-state index contributed by atoms with van der Waals surface area (Å²) in [7, 11) is 1.61. The first-order valence-corrected chi connectivity index (χ1v) is 8.17. The Morgan fingerprint density at radius 3 is 2.80 bits per heavy atom. The fraction of sp³-hybridized carbons (Fsp3) is 0.316. The Hall–Kier alpha value is -2.57. The van der Waals surface area contributed by atoms with Gasteiger partial charge < -0.3 is 25.2 Å². The maximum Gasteiger partial charge on any atom is 0.321 e. The minimum atomic E-state index is -1.20. The molecule has 1 atom stereocenters. The molecule has 1 fully saturated rings. The molecule has 0 aliphatic carbocycles. The van der Waals surface area contributed by atoms with E-state index in [1.165, 1.54) is 4.90 Å². The van der Waals surface area contributed by atoms with Crippen molar-refractivity contribution < 1.29 is 19.7 Å². The highest BCUT2D eigenvalue weighted by atomic mass is 16.5. The van der Waals surface area contributed by atoms with Gasteiger partial charge in [-0.1, -0.05) is 30.3 Å². The molecule has 1 heterocycles. The number of nitrogens with zero attached hydrogens (tertiary/aromatic N) is 1. The number of aliphatic hydroxyl groups is 2. The molecular weight excluding hydrogens is 320 g/mol. The Bertz CT molecular complexity index is 765. The second-order valence-electron chi connectivity index (χ2n) is 6.26. The van der Waals surface area contributed by atoms with Gasteiger partial charge >= 0.3 is 6.03 Å². The standard InChI is InChI=1S/C19H22N2O4/c1-25-15-6-4-5-14(11-15)16-7-2-3-8-17(16)20-18(23)21-10-9-19(24,12-21)13-22/h2-8,11,22,24H,9-10,12-13H2,1H3,(H,20,23)/t19-/m1/s1. The number of aliphatic hydroxyl groups excluding tert-OH is 1. The normalized spacial score (nSPS) is 19.7. The minimum Gasteiger partial charge on any atom is -0.497 e. The van der Waals surface area contributed by atoms with Crippen molar-refractivity contribution >= 4 is 11.7 Å². The number of β-amino-alcohol motifs (C(OH)–C–C–N with tert-alkyl or cyclic N) is 1. The highest BCUT2D eigenvalue weighted by molar-refractivity contribution is 5.94. The lowest BCUT2D eigenvalue weighted by molar-refractivity contribution is -0.00246. The van der Waals surface area contributed by atoms with Gasteiger partial charge in [0.15, 0.2) is 0 Å². The van der Waals surface area contributed by atoms with Gasteiger partial charge in [0, 0.05) is 12.1 Å². The summed E-state index contributed by atoms with van der Waals surface area (Å²) in [4.78, 5) is 14.0. The third kappa shape index (κ3) is 3.75. The van der Waals surface area contributed by atoms with E-state index in [9.17, 15) is 15.0 Å². The summed E-state index contributed by atoms with van der Waals surface area (Å²) in [6.07, 6.45) is 0.369. The van der Waals surface area contributed by atoms with Gasteiger partial charge in [0.1, 0.15) is 11.4 Å². The number of hydrogen-bond donors (Lipinski definition) is 3. The number of ether oxygens (including phenoxy) is 1. The SMILES string of the molecule is COc1cccc(-c2ccccc2NC(=O)N2CC[C@](O)(CO)C2)c1. The number of anilines is 1. The number of amides is 2. The quantitative estimate of drug-likeness (QED) is 0.796. The molecule has 2 amide bonds. The number of urea groups is 1. The highest BCUT2D eigenvalue weighted by Crippen LogP contribution is 2.31. The number of carbonyl (C=O) groups excluding carboxylic acids is 1. The van der Waals surface area contributed by atoms with Gasteiger partial charge in [0.2, 0.25) is 0 Å². The number of carbonyl (C=O) groups is 1. The Kier molecular flexibility index (Phi) is 4.92. The van der Waals surface area contributed by atoms with Crippen molar-refractivity contribution in [3.05, 3.63) is 48.5 Å². The van der Waals surface area contributed by atoms with Crippen LogP contribution in [0.4, 0.5) is 10.5 Å². The lowest BCUT2D eigenvalue weighted by atomic mass is 10.0. The van der Waals surface area contributed by atoms with Crippen molar-refractivity contribution in [3.63, 3.8) is 0 Å². The van der Waals surface area contributed by atoms with E-state index in [4.69, 9.17) is 4.74 Å². The number of hydrogen-bond acceptors (Lipinski definition) is 4. The van der Waals surface area contributed by atoms with Crippen molar-refractivity contribution in [2.24, 2.45) is 0 Å². The van der Waals surface area contributed by atoms with Gasteiger partial charge in [-0.2, -0.15) is 0 Å². The summed E-state index contributed by atoms with van der Waals surface area (Å²) in [5.74, 6) is 0.742. The first kappa shape index (κ1) is 17.3. The van der Waals surface area contributed by atoms with Crippen LogP contribution in [0.5, 0.6) is 5.75 Å². The molecule has 6 nitrogen and oxygen atoms in total. The van der Waals surface area contributed by atoms with Crippen LogP contribution in [-0.2, 0) is 0 Å². The zero-order valence-electron chi connectivity index (χ0n) is 14.1. The lowest BCUT2D eigenvalue weighted by Crippen LogP contribution is -2.40. The molecule has 6 heteroatoms. The van der Waals surface area contributed by atoms with E-state index in [2.05, 4.69) is 5.32 Å². The van der Waals surface area contributed by atoms with E-state index in [-0.39, 0.29) is 19.2 Å². The highest BCUT2D eigenvalue weighted by Gasteiger charge is 2.37. The molecule has 3 N–H and O–H groups in total. The molecule has 0 aromatic heterocycles. The molecule has 25 heavy (non-hydrogen) atoms. The van der Waals surface area contributed by atoms with E-state index in [1.807, 2.05) is 48.5 Å². The van der Waals surface area contributed by atoms with Gasteiger partial charge in [-0.15, -0.1) is 0 Å². The van der Waals surface area contributed by atoms with Crippen molar-refractivity contribution in [3.8, 4) is 16.9 Å². The van der Waals surface area contributed by atoms with E-state index >= 15 is 0 Å². The number of nitrogens with one attached hydrogen (secondary N) is 1. The monoisotopic (exact) mass is 342 g/mol. The van der Waals surface area contributed by atoms with Gasteiger partial charge in [0.05, 0.1) is 25.9 Å². The van der Waals surface area contributed by atoms with Crippen LogP contribution in [0.3, 0.4) is 0 Å². The number of methoxy groups -OCH3 is 1. The van der Waals surface area contributed by atoms with E-state index in [0.717, 1.165) is 16.9 Å². The summed E-state index contributed by atoms with van der Waals surface area (Å²) in [6, 6.07) is 14.9. The van der Waals surface area contributed by atoms with Crippen LogP contribution < -0.4 is 10.1 Å². The molecule has 0 unspecified atom stereocenters. The second-order valence-corrected chi connectivity index (χ2v) is 6.26. The van der Waals surface area contributed by atoms with Crippen molar-refractivity contribution in [2.45, 2.75) is 12.0 Å². The molecule has 2 aromatic carbocycles. The lowest BCUT2D eigenvalue weighted by Gasteiger charge is -2.22. The van der Waals surface area contributed by atoms with Crippen LogP contribution in [0.2, 0.25) is 0 Å². The summed E-state index contributed by atoms with van der Waals surface area (Å²) >= 11 is 0. The Morgan fingerprint density at radius 1 is 1.28 bits per heavy atom. The number of likely N-dealkylation sites (tertiary alicyclic amines) is 1. The summed E-state index contributed by atoms with van der Waals surface area (Å²) in [5, 5.41) is 22.2. The molecule has 0 saturated carbocycles. The van der Waals surface area contributed by atoms with Crippen molar-refractivity contribution in [2.75, 3.05) is 32.1 Å². The second kappa shape index (κ2) is 7.13. The molecule has 1 aliphatic rings. The average Bonchev–Trinajstić information content (AvgIpc) is 3.05. The van der Waals surface area contributed by atoms with Crippen LogP contribution in [0.15, 0.2) is 48.5 Å². The van der Waals surface area contributed by atoms with E-state index < -0.39 is 5.60 Å². The first-order chi connectivity index (χ1) is 12.0. The van der Waals surface area contributed by atoms with Gasteiger partial charge in [-0.05, 0) is 30.2 Å². The predicted molar refractivity (Wildman–Crippen MR) is 95.7 cm³/mol. The minimum absolute atomic E-state index is 0.122. The first-order valence-electron chi connectivity index (χ1n) is 8.17. The Balaban J connectivity index is 1.81. The number of para-hydroxylation sites is 1. The molecule has 0 radical (unpaired) electrons. The zero-order chi connectivity index (χ0) is 17.9. The molecule has 1 saturated heterocycles. The molecule has 0 bridgehead atoms. The number of rotatable bonds is 4. The zero-order valence-corrected chi connectivity index (χ0v) is 14.1. The van der Waals surface area contributed by atoms with Crippen molar-refractivity contribution in [1.82, 2.24) is 4.90 Å². The van der Waals surface area contributed by atoms with Crippen LogP contribution in [0.1, 0.15) is 6.42 Å². The molecule has 1 aliphatic heterocycles.